The molecule has 0 unspecified atom stereocenters. The number of hydrogen-bond donors (Lipinski definition) is 1. The van der Waals surface area contributed by atoms with Gasteiger partial charge in [0.1, 0.15) is 11.6 Å². The molecule has 88 valence electrons. The zero-order valence-electron chi connectivity index (χ0n) is 9.13. The molecule has 17 heavy (non-hydrogen) atoms. The second-order valence-corrected chi connectivity index (χ2v) is 4.04. The smallest absolute Gasteiger partial charge is 0.261 e. The van der Waals surface area contributed by atoms with Gasteiger partial charge >= 0.3 is 0 Å². The largest absolute Gasteiger partial charge is 0.352 e. The van der Waals surface area contributed by atoms with Crippen molar-refractivity contribution in [3.63, 3.8) is 0 Å². The number of nitriles is 1. The first kappa shape index (κ1) is 13.6. The second kappa shape index (κ2) is 6.29. The summed E-state index contributed by atoms with van der Waals surface area (Å²) >= 11 is 11.7. The average Bonchev–Trinajstić information content (AvgIpc) is 2.28. The summed E-state index contributed by atoms with van der Waals surface area (Å²) in [5.41, 5.74) is 0.593. The molecular weight excluding hydrogens is 259 g/mol. The van der Waals surface area contributed by atoms with Crippen molar-refractivity contribution in [1.29, 1.82) is 5.26 Å². The molecule has 1 N–H and O–H groups in total. The predicted octanol–water partition coefficient (Wildman–Crippen LogP) is 3.04. The van der Waals surface area contributed by atoms with Crippen molar-refractivity contribution in [3.8, 4) is 6.07 Å². The Bertz CT molecular complexity index is 504. The molecule has 0 radical (unpaired) electrons. The first-order valence-corrected chi connectivity index (χ1v) is 5.69. The lowest BCUT2D eigenvalue weighted by Crippen LogP contribution is -2.23. The predicted molar refractivity (Wildman–Crippen MR) is 68.7 cm³/mol. The second-order valence-electron chi connectivity index (χ2n) is 3.20. The van der Waals surface area contributed by atoms with Crippen LogP contribution in [0.25, 0.3) is 6.08 Å². The highest BCUT2D eigenvalue weighted by Gasteiger charge is 2.08. The molecule has 1 aromatic carbocycles. The van der Waals surface area contributed by atoms with Crippen LogP contribution in [-0.2, 0) is 4.79 Å². The number of nitrogens with one attached hydrogen (secondary N) is 1. The molecule has 0 saturated heterocycles. The lowest BCUT2D eigenvalue weighted by Gasteiger charge is -2.02. The number of likely N-dealkylation sites (N-methyl/N-ethyl adjacent to an activating group) is 1. The van der Waals surface area contributed by atoms with Gasteiger partial charge in [0.25, 0.3) is 5.91 Å². The molecule has 0 spiro atoms. The third-order valence-electron chi connectivity index (χ3n) is 1.96. The van der Waals surface area contributed by atoms with E-state index in [1.54, 1.807) is 25.1 Å². The lowest BCUT2D eigenvalue weighted by molar-refractivity contribution is -0.116. The van der Waals surface area contributed by atoms with E-state index in [1.165, 1.54) is 6.08 Å². The quantitative estimate of drug-likeness (QED) is 0.677. The van der Waals surface area contributed by atoms with Crippen LogP contribution in [0.4, 0.5) is 0 Å². The van der Waals surface area contributed by atoms with Crippen LogP contribution in [0.3, 0.4) is 0 Å². The van der Waals surface area contributed by atoms with E-state index in [-0.39, 0.29) is 5.57 Å². The fourth-order valence-electron chi connectivity index (χ4n) is 1.18. The van der Waals surface area contributed by atoms with Crippen LogP contribution in [-0.4, -0.2) is 12.5 Å². The molecular formula is C12H10Cl2N2O. The van der Waals surface area contributed by atoms with Gasteiger partial charge in [-0.15, -0.1) is 0 Å². The minimum absolute atomic E-state index is 0.0103. The number of nitrogens with zero attached hydrogens (tertiary/aromatic N) is 1. The topological polar surface area (TPSA) is 52.9 Å². The van der Waals surface area contributed by atoms with E-state index in [1.807, 2.05) is 6.07 Å². The van der Waals surface area contributed by atoms with Gasteiger partial charge in [0, 0.05) is 16.6 Å². The molecule has 1 aromatic rings. The van der Waals surface area contributed by atoms with Gasteiger partial charge in [-0.1, -0.05) is 29.3 Å². The Morgan fingerprint density at radius 3 is 2.76 bits per heavy atom. The van der Waals surface area contributed by atoms with Crippen LogP contribution < -0.4 is 5.32 Å². The lowest BCUT2D eigenvalue weighted by atomic mass is 10.1. The number of halogens is 2. The summed E-state index contributed by atoms with van der Waals surface area (Å²) in [4.78, 5) is 11.5. The van der Waals surface area contributed by atoms with Crippen LogP contribution in [0.2, 0.25) is 10.0 Å². The van der Waals surface area contributed by atoms with Crippen molar-refractivity contribution in [3.05, 3.63) is 39.4 Å². The van der Waals surface area contributed by atoms with E-state index < -0.39 is 5.91 Å². The van der Waals surface area contributed by atoms with Gasteiger partial charge in [-0.25, -0.2) is 0 Å². The highest BCUT2D eigenvalue weighted by Crippen LogP contribution is 2.23. The fourth-order valence-corrected chi connectivity index (χ4v) is 1.64. The summed E-state index contributed by atoms with van der Waals surface area (Å²) in [6.07, 6.45) is 1.43. The van der Waals surface area contributed by atoms with E-state index in [0.29, 0.717) is 22.2 Å². The standard InChI is InChI=1S/C12H10Cl2N2O/c1-2-16-12(17)9(7-15)5-8-3-4-10(13)6-11(8)14/h3-6H,2H2,1H3,(H,16,17)/b9-5+. The molecule has 1 amide bonds. The molecule has 0 bridgehead atoms. The van der Waals surface area contributed by atoms with Gasteiger partial charge in [0.2, 0.25) is 0 Å². The van der Waals surface area contributed by atoms with Crippen molar-refractivity contribution in [2.24, 2.45) is 0 Å². The molecule has 0 fully saturated rings. The zero-order valence-corrected chi connectivity index (χ0v) is 10.6. The van der Waals surface area contributed by atoms with E-state index in [2.05, 4.69) is 5.32 Å². The van der Waals surface area contributed by atoms with E-state index in [4.69, 9.17) is 28.5 Å². The molecule has 0 aromatic heterocycles. The van der Waals surface area contributed by atoms with Crippen LogP contribution in [0, 0.1) is 11.3 Å². The maximum absolute atomic E-state index is 11.5. The summed E-state index contributed by atoms with van der Waals surface area (Å²) in [5, 5.41) is 12.3. The normalized spacial score (nSPS) is 10.8. The Balaban J connectivity index is 3.07. The van der Waals surface area contributed by atoms with Crippen molar-refractivity contribution >= 4 is 35.2 Å². The number of carbonyl (C=O) groups is 1. The van der Waals surface area contributed by atoms with Crippen molar-refractivity contribution in [1.82, 2.24) is 5.32 Å². The molecule has 3 nitrogen and oxygen atoms in total. The Morgan fingerprint density at radius 2 is 2.24 bits per heavy atom. The van der Waals surface area contributed by atoms with Gasteiger partial charge < -0.3 is 5.32 Å². The summed E-state index contributed by atoms with van der Waals surface area (Å²) in [6, 6.07) is 6.69. The number of amides is 1. The van der Waals surface area contributed by atoms with Crippen LogP contribution >= 0.6 is 23.2 Å². The zero-order chi connectivity index (χ0) is 12.8. The monoisotopic (exact) mass is 268 g/mol. The molecule has 0 aliphatic rings. The third kappa shape index (κ3) is 3.77. The Labute approximate surface area is 110 Å². The number of rotatable bonds is 3. The summed E-state index contributed by atoms with van der Waals surface area (Å²) in [7, 11) is 0. The third-order valence-corrected chi connectivity index (χ3v) is 2.53. The summed E-state index contributed by atoms with van der Waals surface area (Å²) in [6.45, 7) is 2.24. The molecule has 0 atom stereocenters. The number of benzene rings is 1. The van der Waals surface area contributed by atoms with Crippen LogP contribution in [0.1, 0.15) is 12.5 Å². The van der Waals surface area contributed by atoms with E-state index >= 15 is 0 Å². The van der Waals surface area contributed by atoms with Crippen molar-refractivity contribution in [2.45, 2.75) is 6.92 Å². The summed E-state index contributed by atoms with van der Waals surface area (Å²) < 4.78 is 0. The molecule has 5 heteroatoms. The number of hydrogen-bond acceptors (Lipinski definition) is 2. The van der Waals surface area contributed by atoms with Gasteiger partial charge in [0.05, 0.1) is 0 Å². The van der Waals surface area contributed by atoms with E-state index in [9.17, 15) is 4.79 Å². The molecule has 0 saturated carbocycles. The van der Waals surface area contributed by atoms with Gasteiger partial charge in [0.15, 0.2) is 0 Å². The van der Waals surface area contributed by atoms with Crippen LogP contribution in [0.15, 0.2) is 23.8 Å². The SMILES string of the molecule is CCNC(=O)/C(C#N)=C/c1ccc(Cl)cc1Cl. The first-order chi connectivity index (χ1) is 8.08. The van der Waals surface area contributed by atoms with Crippen molar-refractivity contribution in [2.75, 3.05) is 6.54 Å². The number of carbonyl (C=O) groups excluding carboxylic acids is 1. The van der Waals surface area contributed by atoms with Crippen molar-refractivity contribution < 1.29 is 4.79 Å². The van der Waals surface area contributed by atoms with Gasteiger partial charge in [-0.3, -0.25) is 4.79 Å². The molecule has 1 rings (SSSR count). The molecule has 0 heterocycles. The highest BCUT2D eigenvalue weighted by molar-refractivity contribution is 6.35. The molecule has 0 aliphatic heterocycles. The van der Waals surface area contributed by atoms with Gasteiger partial charge in [-0.05, 0) is 30.7 Å². The minimum atomic E-state index is -0.416. The Morgan fingerprint density at radius 1 is 1.53 bits per heavy atom. The Kier molecular flexibility index (Phi) is 5.02. The highest BCUT2D eigenvalue weighted by atomic mass is 35.5. The van der Waals surface area contributed by atoms with Gasteiger partial charge in [-0.2, -0.15) is 5.26 Å². The van der Waals surface area contributed by atoms with E-state index in [0.717, 1.165) is 0 Å². The Hall–Kier alpha value is -1.50. The summed E-state index contributed by atoms with van der Waals surface area (Å²) in [5.74, 6) is -0.416. The fraction of sp³-hybridized carbons (Fsp3) is 0.167. The first-order valence-electron chi connectivity index (χ1n) is 4.93. The molecule has 0 aliphatic carbocycles. The average molecular weight is 269 g/mol. The minimum Gasteiger partial charge on any atom is -0.352 e. The maximum Gasteiger partial charge on any atom is 0.261 e. The van der Waals surface area contributed by atoms with Crippen LogP contribution in [0.5, 0.6) is 0 Å². The maximum atomic E-state index is 11.5.